The van der Waals surface area contributed by atoms with E-state index < -0.39 is 0 Å². The van der Waals surface area contributed by atoms with Gasteiger partial charge in [-0.15, -0.1) is 0 Å². The molecule has 2 rings (SSSR count). The van der Waals surface area contributed by atoms with Crippen molar-refractivity contribution in [1.82, 2.24) is 0 Å². The zero-order chi connectivity index (χ0) is 12.3. The Morgan fingerprint density at radius 2 is 1.88 bits per heavy atom. The van der Waals surface area contributed by atoms with Gasteiger partial charge in [0, 0.05) is 0 Å². The average Bonchev–Trinajstić information content (AvgIpc) is 2.75. The van der Waals surface area contributed by atoms with Crippen molar-refractivity contribution < 1.29 is 14.3 Å². The molecule has 0 saturated heterocycles. The summed E-state index contributed by atoms with van der Waals surface area (Å²) in [6.07, 6.45) is 4.47. The normalized spacial score (nSPS) is 17.8. The van der Waals surface area contributed by atoms with Crippen molar-refractivity contribution in [2.75, 3.05) is 7.11 Å². The van der Waals surface area contributed by atoms with Gasteiger partial charge in [0.1, 0.15) is 16.9 Å². The molecule has 0 spiro atoms. The molecule has 0 heterocycles. The number of ether oxygens (including phenoxy) is 2. The third kappa shape index (κ3) is 2.60. The van der Waals surface area contributed by atoms with E-state index in [1.165, 1.54) is 20.0 Å². The quantitative estimate of drug-likeness (QED) is 0.753. The molecule has 1 fully saturated rings. The SMILES string of the molecule is COC(=O)c1ccccc1OC1(C)CCCC1. The maximum Gasteiger partial charge on any atom is 0.341 e. The number of carbonyl (C=O) groups excluding carboxylic acids is 1. The molecular formula is C14H18O3. The van der Waals surface area contributed by atoms with E-state index in [1.807, 2.05) is 18.2 Å². The maximum atomic E-state index is 11.6. The van der Waals surface area contributed by atoms with E-state index in [-0.39, 0.29) is 11.6 Å². The van der Waals surface area contributed by atoms with Gasteiger partial charge in [-0.1, -0.05) is 12.1 Å². The second-order valence-corrected chi connectivity index (χ2v) is 4.75. The van der Waals surface area contributed by atoms with Crippen molar-refractivity contribution in [3.63, 3.8) is 0 Å². The van der Waals surface area contributed by atoms with E-state index in [1.54, 1.807) is 6.07 Å². The second-order valence-electron chi connectivity index (χ2n) is 4.75. The van der Waals surface area contributed by atoms with Crippen LogP contribution in [0, 0.1) is 0 Å². The molecular weight excluding hydrogens is 216 g/mol. The van der Waals surface area contributed by atoms with Gasteiger partial charge in [-0.3, -0.25) is 0 Å². The molecule has 0 bridgehead atoms. The number of esters is 1. The van der Waals surface area contributed by atoms with Gasteiger partial charge in [0.15, 0.2) is 0 Å². The van der Waals surface area contributed by atoms with Crippen LogP contribution in [0.3, 0.4) is 0 Å². The molecule has 1 aromatic carbocycles. The molecule has 17 heavy (non-hydrogen) atoms. The fourth-order valence-electron chi connectivity index (χ4n) is 2.32. The van der Waals surface area contributed by atoms with Crippen LogP contribution in [0.25, 0.3) is 0 Å². The first-order valence-corrected chi connectivity index (χ1v) is 6.01. The smallest absolute Gasteiger partial charge is 0.341 e. The van der Waals surface area contributed by atoms with Crippen molar-refractivity contribution >= 4 is 5.97 Å². The Morgan fingerprint density at radius 1 is 1.24 bits per heavy atom. The second kappa shape index (κ2) is 4.78. The largest absolute Gasteiger partial charge is 0.487 e. The van der Waals surface area contributed by atoms with Gasteiger partial charge >= 0.3 is 5.97 Å². The van der Waals surface area contributed by atoms with E-state index in [2.05, 4.69) is 6.92 Å². The summed E-state index contributed by atoms with van der Waals surface area (Å²) in [6.45, 7) is 2.11. The number of rotatable bonds is 3. The Bertz CT molecular complexity index is 406. The number of para-hydroxylation sites is 1. The zero-order valence-corrected chi connectivity index (χ0v) is 10.4. The predicted molar refractivity (Wildman–Crippen MR) is 65.3 cm³/mol. The van der Waals surface area contributed by atoms with E-state index >= 15 is 0 Å². The molecule has 0 unspecified atom stereocenters. The molecule has 0 atom stereocenters. The van der Waals surface area contributed by atoms with Crippen molar-refractivity contribution in [3.8, 4) is 5.75 Å². The van der Waals surface area contributed by atoms with Crippen LogP contribution in [-0.4, -0.2) is 18.7 Å². The molecule has 1 aliphatic carbocycles. The highest BCUT2D eigenvalue weighted by Gasteiger charge is 2.31. The fraction of sp³-hybridized carbons (Fsp3) is 0.500. The molecule has 1 aliphatic rings. The van der Waals surface area contributed by atoms with Gasteiger partial charge < -0.3 is 9.47 Å². The fourth-order valence-corrected chi connectivity index (χ4v) is 2.32. The summed E-state index contributed by atoms with van der Waals surface area (Å²) in [7, 11) is 1.39. The molecule has 3 heteroatoms. The number of methoxy groups -OCH3 is 1. The minimum Gasteiger partial charge on any atom is -0.487 e. The first-order chi connectivity index (χ1) is 8.14. The Hall–Kier alpha value is -1.51. The number of hydrogen-bond acceptors (Lipinski definition) is 3. The van der Waals surface area contributed by atoms with Gasteiger partial charge in [-0.05, 0) is 44.7 Å². The van der Waals surface area contributed by atoms with E-state index in [0.29, 0.717) is 11.3 Å². The summed E-state index contributed by atoms with van der Waals surface area (Å²) >= 11 is 0. The molecule has 0 radical (unpaired) electrons. The lowest BCUT2D eigenvalue weighted by Crippen LogP contribution is -2.28. The average molecular weight is 234 g/mol. The highest BCUT2D eigenvalue weighted by molar-refractivity contribution is 5.92. The lowest BCUT2D eigenvalue weighted by molar-refractivity contribution is 0.0575. The summed E-state index contributed by atoms with van der Waals surface area (Å²) in [5.41, 5.74) is 0.368. The van der Waals surface area contributed by atoms with Gasteiger partial charge in [0.25, 0.3) is 0 Å². The molecule has 0 aromatic heterocycles. The molecule has 92 valence electrons. The Kier molecular flexibility index (Phi) is 3.36. The van der Waals surface area contributed by atoms with Crippen molar-refractivity contribution in [2.45, 2.75) is 38.2 Å². The minimum absolute atomic E-state index is 0.135. The van der Waals surface area contributed by atoms with Crippen molar-refractivity contribution in [3.05, 3.63) is 29.8 Å². The van der Waals surface area contributed by atoms with E-state index in [4.69, 9.17) is 9.47 Å². The minimum atomic E-state index is -0.345. The first kappa shape index (κ1) is 12.0. The zero-order valence-electron chi connectivity index (χ0n) is 10.4. The summed E-state index contributed by atoms with van der Waals surface area (Å²) < 4.78 is 10.8. The maximum absolute atomic E-state index is 11.6. The third-order valence-electron chi connectivity index (χ3n) is 3.31. The topological polar surface area (TPSA) is 35.5 Å². The van der Waals surface area contributed by atoms with Crippen molar-refractivity contribution in [1.29, 1.82) is 0 Å². The number of hydrogen-bond donors (Lipinski definition) is 0. The highest BCUT2D eigenvalue weighted by atomic mass is 16.5. The van der Waals surface area contributed by atoms with Crippen molar-refractivity contribution in [2.24, 2.45) is 0 Å². The standard InChI is InChI=1S/C14H18O3/c1-14(9-5-6-10-14)17-12-8-4-3-7-11(12)13(15)16-2/h3-4,7-8H,5-6,9-10H2,1-2H3. The first-order valence-electron chi connectivity index (χ1n) is 6.01. The van der Waals surface area contributed by atoms with Gasteiger partial charge in [-0.25, -0.2) is 4.79 Å². The van der Waals surface area contributed by atoms with E-state index in [0.717, 1.165) is 12.8 Å². The Balaban J connectivity index is 2.23. The van der Waals surface area contributed by atoms with E-state index in [9.17, 15) is 4.79 Å². The number of benzene rings is 1. The highest BCUT2D eigenvalue weighted by Crippen LogP contribution is 2.35. The van der Waals surface area contributed by atoms with Crippen LogP contribution in [0.5, 0.6) is 5.75 Å². The Morgan fingerprint density at radius 3 is 2.53 bits per heavy atom. The van der Waals surface area contributed by atoms with Crippen LogP contribution in [0.1, 0.15) is 43.0 Å². The van der Waals surface area contributed by atoms with Crippen LogP contribution in [-0.2, 0) is 4.74 Å². The van der Waals surface area contributed by atoms with Crippen LogP contribution < -0.4 is 4.74 Å². The summed E-state index contributed by atoms with van der Waals surface area (Å²) in [5, 5.41) is 0. The van der Waals surface area contributed by atoms with Crippen LogP contribution in [0.4, 0.5) is 0 Å². The van der Waals surface area contributed by atoms with Crippen LogP contribution in [0.15, 0.2) is 24.3 Å². The van der Waals surface area contributed by atoms with Crippen LogP contribution >= 0.6 is 0 Å². The molecule has 1 saturated carbocycles. The third-order valence-corrected chi connectivity index (χ3v) is 3.31. The molecule has 0 N–H and O–H groups in total. The molecule has 3 nitrogen and oxygen atoms in total. The lowest BCUT2D eigenvalue weighted by Gasteiger charge is -2.26. The summed E-state index contributed by atoms with van der Waals surface area (Å²) in [6, 6.07) is 7.26. The monoisotopic (exact) mass is 234 g/mol. The summed E-state index contributed by atoms with van der Waals surface area (Å²) in [4.78, 5) is 11.6. The van der Waals surface area contributed by atoms with Gasteiger partial charge in [0.05, 0.1) is 7.11 Å². The van der Waals surface area contributed by atoms with Gasteiger partial charge in [0.2, 0.25) is 0 Å². The summed E-state index contributed by atoms with van der Waals surface area (Å²) in [5.74, 6) is 0.283. The number of carbonyl (C=O) groups is 1. The van der Waals surface area contributed by atoms with Crippen LogP contribution in [0.2, 0.25) is 0 Å². The predicted octanol–water partition coefficient (Wildman–Crippen LogP) is 3.18. The van der Waals surface area contributed by atoms with Gasteiger partial charge in [-0.2, -0.15) is 0 Å². The Labute approximate surface area is 102 Å². The molecule has 0 amide bonds. The molecule has 1 aromatic rings. The lowest BCUT2D eigenvalue weighted by atomic mass is 10.1. The molecule has 0 aliphatic heterocycles.